The molecule has 2 heterocycles. The molecule has 1 unspecified atom stereocenters. The van der Waals surface area contributed by atoms with Crippen molar-refractivity contribution in [1.29, 1.82) is 0 Å². The van der Waals surface area contributed by atoms with Crippen LogP contribution < -0.4 is 5.23 Å². The Morgan fingerprint density at radius 2 is 1.42 bits per heavy atom. The lowest BCUT2D eigenvalue weighted by atomic mass is 10.4. The molecule has 13 heteroatoms. The van der Waals surface area contributed by atoms with Crippen molar-refractivity contribution in [3.05, 3.63) is 5.21 Å². The molecule has 26 heavy (non-hydrogen) atoms. The second kappa shape index (κ2) is 9.87. The highest BCUT2D eigenvalue weighted by Gasteiger charge is 2.33. The van der Waals surface area contributed by atoms with Gasteiger partial charge in [-0.1, -0.05) is 31.6 Å². The van der Waals surface area contributed by atoms with Gasteiger partial charge in [-0.2, -0.15) is 5.23 Å². The van der Waals surface area contributed by atoms with Gasteiger partial charge in [-0.15, -0.1) is 5.06 Å². The number of amides is 4. The van der Waals surface area contributed by atoms with Crippen molar-refractivity contribution < 1.29 is 39.0 Å². The Hall–Kier alpha value is -1.67. The molecule has 2 saturated heterocycles. The number of imide groups is 2. The first-order chi connectivity index (χ1) is 12.4. The molecular formula is C13H17N3O8S2. The summed E-state index contributed by atoms with van der Waals surface area (Å²) in [7, 11) is 2.60. The molecule has 11 nitrogen and oxygen atoms in total. The van der Waals surface area contributed by atoms with Crippen molar-refractivity contribution in [2.75, 3.05) is 18.1 Å². The van der Waals surface area contributed by atoms with Crippen LogP contribution in [0.1, 0.15) is 32.1 Å². The highest BCUT2D eigenvalue weighted by Crippen LogP contribution is 2.21. The molecule has 0 saturated carbocycles. The molecule has 2 rings (SSSR count). The third-order valence-corrected chi connectivity index (χ3v) is 5.67. The van der Waals surface area contributed by atoms with Crippen molar-refractivity contribution in [2.24, 2.45) is 0 Å². The molecule has 0 spiro atoms. The molecule has 0 aromatic rings. The summed E-state index contributed by atoms with van der Waals surface area (Å²) in [4.78, 5) is 66.1. The van der Waals surface area contributed by atoms with Gasteiger partial charge in [-0.25, -0.2) is 4.79 Å². The molecule has 144 valence electrons. The average molecular weight is 407 g/mol. The topological polar surface area (TPSA) is 138 Å². The lowest BCUT2D eigenvalue weighted by molar-refractivity contribution is -1.07. The number of nitrogens with zero attached hydrogens (tertiary/aromatic N) is 2. The predicted octanol–water partition coefficient (Wildman–Crippen LogP) is -1.26. The molecule has 4 amide bonds. The van der Waals surface area contributed by atoms with Crippen LogP contribution in [0.3, 0.4) is 0 Å². The second-order valence-corrected chi connectivity index (χ2v) is 7.94. The molecule has 0 aromatic carbocycles. The average Bonchev–Trinajstić information content (AvgIpc) is 3.08. The summed E-state index contributed by atoms with van der Waals surface area (Å²) in [6, 6.07) is 0. The van der Waals surface area contributed by atoms with E-state index in [9.17, 15) is 29.2 Å². The molecule has 0 aromatic heterocycles. The monoisotopic (exact) mass is 407 g/mol. The summed E-state index contributed by atoms with van der Waals surface area (Å²) >= 11 is 0. The number of hydroxylamine groups is 6. The van der Waals surface area contributed by atoms with E-state index in [4.69, 9.17) is 9.78 Å². The van der Waals surface area contributed by atoms with Crippen molar-refractivity contribution in [2.45, 2.75) is 32.1 Å². The molecule has 2 aliphatic rings. The normalized spacial score (nSPS) is 18.8. The van der Waals surface area contributed by atoms with E-state index in [2.05, 4.69) is 0 Å². The van der Waals surface area contributed by atoms with Gasteiger partial charge in [0.1, 0.15) is 6.54 Å². The fourth-order valence-electron chi connectivity index (χ4n) is 1.98. The van der Waals surface area contributed by atoms with E-state index in [-0.39, 0.29) is 38.6 Å². The maximum atomic E-state index is 11.6. The van der Waals surface area contributed by atoms with E-state index < -0.39 is 34.8 Å². The van der Waals surface area contributed by atoms with Crippen molar-refractivity contribution in [1.82, 2.24) is 10.1 Å². The van der Waals surface area contributed by atoms with Crippen LogP contribution in [0.5, 0.6) is 0 Å². The summed E-state index contributed by atoms with van der Waals surface area (Å²) in [5.74, 6) is -2.09. The van der Waals surface area contributed by atoms with Crippen molar-refractivity contribution >= 4 is 51.2 Å². The van der Waals surface area contributed by atoms with Gasteiger partial charge in [0.15, 0.2) is 0 Å². The van der Waals surface area contributed by atoms with Crippen LogP contribution in [0, 0.1) is 5.21 Å². The molecular weight excluding hydrogens is 390 g/mol. The number of carbonyl (C=O) groups excluding carboxylic acids is 5. The summed E-state index contributed by atoms with van der Waals surface area (Å²) in [5, 5.41) is 11.9. The van der Waals surface area contributed by atoms with Gasteiger partial charge in [-0.3, -0.25) is 19.2 Å². The number of nitrogens with one attached hydrogen (secondary N) is 1. The molecule has 2 fully saturated rings. The van der Waals surface area contributed by atoms with Gasteiger partial charge >= 0.3 is 5.97 Å². The Kier molecular flexibility index (Phi) is 7.84. The Morgan fingerprint density at radius 3 is 2.00 bits per heavy atom. The molecule has 0 radical (unpaired) electrons. The SMILES string of the molecule is O=C(CCSSCC[NH+]([O-])ON1C(=O)CCC1=O)ON1C(=O)CCC1=O. The number of rotatable bonds is 10. The number of carbonyl (C=O) groups is 5. The van der Waals surface area contributed by atoms with E-state index in [0.29, 0.717) is 21.6 Å². The zero-order valence-electron chi connectivity index (χ0n) is 13.6. The Morgan fingerprint density at radius 1 is 0.923 bits per heavy atom. The van der Waals surface area contributed by atoms with Crippen molar-refractivity contribution in [3.8, 4) is 0 Å². The van der Waals surface area contributed by atoms with Gasteiger partial charge in [0.2, 0.25) is 0 Å². The summed E-state index contributed by atoms with van der Waals surface area (Å²) in [6.45, 7) is -0.00401. The van der Waals surface area contributed by atoms with E-state index in [1.165, 1.54) is 21.6 Å². The third-order valence-electron chi connectivity index (χ3n) is 3.26. The number of hydrogen-bond acceptors (Lipinski definition) is 10. The van der Waals surface area contributed by atoms with E-state index in [0.717, 1.165) is 0 Å². The van der Waals surface area contributed by atoms with Crippen LogP contribution in [-0.2, 0) is 33.7 Å². The first-order valence-corrected chi connectivity index (χ1v) is 10.2. The minimum atomic E-state index is -0.688. The lowest BCUT2D eigenvalue weighted by Gasteiger charge is -2.22. The smallest absolute Gasteiger partial charge is 0.334 e. The maximum absolute atomic E-state index is 11.6. The molecule has 1 N–H and O–H groups in total. The minimum Gasteiger partial charge on any atom is -0.598 e. The Bertz CT molecular complexity index is 570. The Balaban J connectivity index is 1.51. The molecule has 1 atom stereocenters. The van der Waals surface area contributed by atoms with E-state index in [1.807, 2.05) is 0 Å². The molecule has 0 bridgehead atoms. The number of hydrogen-bond donors (Lipinski definition) is 1. The van der Waals surface area contributed by atoms with Gasteiger partial charge in [0, 0.05) is 31.4 Å². The lowest BCUT2D eigenvalue weighted by Crippen LogP contribution is -3.08. The van der Waals surface area contributed by atoms with Gasteiger partial charge < -0.3 is 10.0 Å². The molecule has 0 aliphatic carbocycles. The van der Waals surface area contributed by atoms with Gasteiger partial charge in [0.05, 0.1) is 12.2 Å². The largest absolute Gasteiger partial charge is 0.598 e. The minimum absolute atomic E-state index is 0.00401. The predicted molar refractivity (Wildman–Crippen MR) is 88.1 cm³/mol. The van der Waals surface area contributed by atoms with Crippen molar-refractivity contribution in [3.63, 3.8) is 0 Å². The van der Waals surface area contributed by atoms with Gasteiger partial charge in [-0.05, 0) is 0 Å². The quantitative estimate of drug-likeness (QED) is 0.202. The van der Waals surface area contributed by atoms with E-state index in [1.54, 1.807) is 0 Å². The van der Waals surface area contributed by atoms with Crippen LogP contribution in [0.2, 0.25) is 0 Å². The van der Waals surface area contributed by atoms with E-state index >= 15 is 0 Å². The number of quaternary nitrogens is 1. The third kappa shape index (κ3) is 5.95. The van der Waals surface area contributed by atoms with Gasteiger partial charge in [0.25, 0.3) is 23.6 Å². The molecule has 2 aliphatic heterocycles. The van der Waals surface area contributed by atoms with Crippen LogP contribution in [0.4, 0.5) is 0 Å². The van der Waals surface area contributed by atoms with Crippen LogP contribution in [-0.4, -0.2) is 57.8 Å². The fourth-order valence-corrected chi connectivity index (χ4v) is 3.92. The Labute approximate surface area is 156 Å². The zero-order chi connectivity index (χ0) is 19.1. The first-order valence-electron chi connectivity index (χ1n) is 7.76. The first kappa shape index (κ1) is 20.6. The summed E-state index contributed by atoms with van der Waals surface area (Å²) in [6.07, 6.45) is 0.168. The highest BCUT2D eigenvalue weighted by atomic mass is 33.1. The van der Waals surface area contributed by atoms with Crippen LogP contribution >= 0.6 is 21.6 Å². The zero-order valence-corrected chi connectivity index (χ0v) is 15.3. The highest BCUT2D eigenvalue weighted by molar-refractivity contribution is 8.76. The standard InChI is InChI=1S/C13H17N3O8S2/c17-9-1-2-10(18)15(9)23-13(21)5-7-25-26-8-6-14(22)24-16-11(19)3-4-12(16)20/h14H,1-8H2. The summed E-state index contributed by atoms with van der Waals surface area (Å²) in [5.41, 5.74) is 0. The second-order valence-electron chi connectivity index (χ2n) is 5.23. The van der Waals surface area contributed by atoms with Crippen LogP contribution in [0.25, 0.3) is 0 Å². The maximum Gasteiger partial charge on any atom is 0.334 e. The fraction of sp³-hybridized carbons (Fsp3) is 0.615. The summed E-state index contributed by atoms with van der Waals surface area (Å²) < 4.78 is 0. The van der Waals surface area contributed by atoms with Crippen LogP contribution in [0.15, 0.2) is 0 Å².